The van der Waals surface area contributed by atoms with Crippen LogP contribution in [0.1, 0.15) is 12.1 Å². The largest absolute Gasteiger partial charge is 0.311 e. The predicted octanol–water partition coefficient (Wildman–Crippen LogP) is 1.67. The highest BCUT2D eigenvalue weighted by atomic mass is 32.1. The number of carbonyl (C=O) groups is 1. The Labute approximate surface area is 94.9 Å². The Morgan fingerprint density at radius 2 is 2.40 bits per heavy atom. The molecule has 4 heteroatoms. The zero-order valence-corrected chi connectivity index (χ0v) is 9.58. The minimum absolute atomic E-state index is 0.180. The first-order chi connectivity index (χ1) is 7.20. The van der Waals surface area contributed by atoms with E-state index in [9.17, 15) is 4.79 Å². The van der Waals surface area contributed by atoms with Gasteiger partial charge in [0.2, 0.25) is 5.91 Å². The van der Waals surface area contributed by atoms with Crippen LogP contribution in [0.15, 0.2) is 18.3 Å². The van der Waals surface area contributed by atoms with E-state index in [0.29, 0.717) is 12.3 Å². The highest BCUT2D eigenvalue weighted by molar-refractivity contribution is 7.80. The van der Waals surface area contributed by atoms with Crippen LogP contribution in [0.25, 0.3) is 0 Å². The Hall–Kier alpha value is -1.03. The molecule has 0 aliphatic carbocycles. The van der Waals surface area contributed by atoms with Crippen molar-refractivity contribution in [3.63, 3.8) is 0 Å². The van der Waals surface area contributed by atoms with Gasteiger partial charge in [-0.3, -0.25) is 9.78 Å². The van der Waals surface area contributed by atoms with Crippen LogP contribution in [0.2, 0.25) is 0 Å². The summed E-state index contributed by atoms with van der Waals surface area (Å²) in [5.74, 6) is 1.32. The quantitative estimate of drug-likeness (QED) is 0.772. The zero-order valence-electron chi connectivity index (χ0n) is 8.68. The number of nitrogens with zero attached hydrogens (tertiary/aromatic N) is 2. The van der Waals surface area contributed by atoms with Crippen LogP contribution in [0.5, 0.6) is 0 Å². The Morgan fingerprint density at radius 1 is 1.60 bits per heavy atom. The van der Waals surface area contributed by atoms with Gasteiger partial charge in [-0.15, -0.1) is 0 Å². The molecule has 1 aromatic heterocycles. The van der Waals surface area contributed by atoms with E-state index in [4.69, 9.17) is 0 Å². The molecule has 0 N–H and O–H groups in total. The maximum atomic E-state index is 11.7. The van der Waals surface area contributed by atoms with E-state index >= 15 is 0 Å². The van der Waals surface area contributed by atoms with Gasteiger partial charge in [-0.25, -0.2) is 0 Å². The SMILES string of the molecule is Cc1ccc(N2CC(CS)CC2=O)cn1. The summed E-state index contributed by atoms with van der Waals surface area (Å²) in [4.78, 5) is 17.7. The number of thiol groups is 1. The third-order valence-corrected chi connectivity index (χ3v) is 3.19. The third-order valence-electron chi connectivity index (χ3n) is 2.67. The molecule has 0 saturated carbocycles. The lowest BCUT2D eigenvalue weighted by atomic mass is 10.1. The average Bonchev–Trinajstić information content (AvgIpc) is 2.61. The first-order valence-electron chi connectivity index (χ1n) is 5.04. The predicted molar refractivity (Wildman–Crippen MR) is 63.3 cm³/mol. The molecule has 2 heterocycles. The molecule has 1 amide bonds. The van der Waals surface area contributed by atoms with E-state index in [0.717, 1.165) is 23.7 Å². The summed E-state index contributed by atoms with van der Waals surface area (Å²) >= 11 is 4.23. The number of aromatic nitrogens is 1. The number of hydrogen-bond donors (Lipinski definition) is 1. The van der Waals surface area contributed by atoms with Crippen molar-refractivity contribution in [3.8, 4) is 0 Å². The Kier molecular flexibility index (Phi) is 2.95. The van der Waals surface area contributed by atoms with Gasteiger partial charge in [-0.1, -0.05) is 0 Å². The maximum absolute atomic E-state index is 11.7. The van der Waals surface area contributed by atoms with E-state index in [1.54, 1.807) is 11.1 Å². The van der Waals surface area contributed by atoms with E-state index in [2.05, 4.69) is 17.6 Å². The van der Waals surface area contributed by atoms with Crippen molar-refractivity contribution in [2.45, 2.75) is 13.3 Å². The lowest BCUT2D eigenvalue weighted by molar-refractivity contribution is -0.117. The molecule has 1 unspecified atom stereocenters. The summed E-state index contributed by atoms with van der Waals surface area (Å²) in [5.41, 5.74) is 1.87. The fraction of sp³-hybridized carbons (Fsp3) is 0.455. The molecule has 1 saturated heterocycles. The minimum Gasteiger partial charge on any atom is -0.311 e. The van der Waals surface area contributed by atoms with Gasteiger partial charge in [0.15, 0.2) is 0 Å². The molecule has 0 bridgehead atoms. The fourth-order valence-electron chi connectivity index (χ4n) is 1.77. The van der Waals surface area contributed by atoms with Gasteiger partial charge < -0.3 is 4.90 Å². The molecule has 1 aromatic rings. The van der Waals surface area contributed by atoms with Gasteiger partial charge in [0.1, 0.15) is 0 Å². The molecular weight excluding hydrogens is 208 g/mol. The van der Waals surface area contributed by atoms with Crippen LogP contribution in [0.3, 0.4) is 0 Å². The van der Waals surface area contributed by atoms with Gasteiger partial charge in [0.25, 0.3) is 0 Å². The summed E-state index contributed by atoms with van der Waals surface area (Å²) in [6.45, 7) is 2.71. The van der Waals surface area contributed by atoms with Gasteiger partial charge >= 0.3 is 0 Å². The van der Waals surface area contributed by atoms with Crippen molar-refractivity contribution < 1.29 is 4.79 Å². The molecule has 1 aliphatic heterocycles. The average molecular weight is 222 g/mol. The molecular formula is C11H14N2OS. The highest BCUT2D eigenvalue weighted by Gasteiger charge is 2.29. The number of pyridine rings is 1. The number of hydrogen-bond acceptors (Lipinski definition) is 3. The van der Waals surface area contributed by atoms with E-state index in [1.807, 2.05) is 19.1 Å². The smallest absolute Gasteiger partial charge is 0.227 e. The molecule has 0 spiro atoms. The van der Waals surface area contributed by atoms with Crippen molar-refractivity contribution >= 4 is 24.2 Å². The van der Waals surface area contributed by atoms with Crippen molar-refractivity contribution in [1.82, 2.24) is 4.98 Å². The molecule has 0 radical (unpaired) electrons. The van der Waals surface area contributed by atoms with Crippen LogP contribution in [0.4, 0.5) is 5.69 Å². The van der Waals surface area contributed by atoms with Gasteiger partial charge in [-0.05, 0) is 30.7 Å². The van der Waals surface area contributed by atoms with Gasteiger partial charge in [-0.2, -0.15) is 12.6 Å². The van der Waals surface area contributed by atoms with Crippen molar-refractivity contribution in [1.29, 1.82) is 0 Å². The number of carbonyl (C=O) groups excluding carboxylic acids is 1. The van der Waals surface area contributed by atoms with Crippen LogP contribution >= 0.6 is 12.6 Å². The summed E-state index contributed by atoms with van der Waals surface area (Å²) in [5, 5.41) is 0. The summed E-state index contributed by atoms with van der Waals surface area (Å²) in [7, 11) is 0. The normalized spacial score (nSPS) is 21.1. The molecule has 1 atom stereocenters. The minimum atomic E-state index is 0.180. The lowest BCUT2D eigenvalue weighted by Gasteiger charge is -2.15. The molecule has 1 aliphatic rings. The van der Waals surface area contributed by atoms with Crippen molar-refractivity contribution in [2.75, 3.05) is 17.2 Å². The van der Waals surface area contributed by atoms with E-state index in [-0.39, 0.29) is 5.91 Å². The summed E-state index contributed by atoms with van der Waals surface area (Å²) in [6, 6.07) is 3.87. The standard InChI is InChI=1S/C11H14N2OS/c1-8-2-3-10(5-12-8)13-6-9(7-15)4-11(13)14/h2-3,5,9,15H,4,6-7H2,1H3. The molecule has 0 aromatic carbocycles. The monoisotopic (exact) mass is 222 g/mol. The van der Waals surface area contributed by atoms with Crippen molar-refractivity contribution in [2.24, 2.45) is 5.92 Å². The highest BCUT2D eigenvalue weighted by Crippen LogP contribution is 2.24. The van der Waals surface area contributed by atoms with Crippen LogP contribution in [0, 0.1) is 12.8 Å². The Bertz CT molecular complexity index is 363. The topological polar surface area (TPSA) is 33.2 Å². The fourth-order valence-corrected chi connectivity index (χ4v) is 2.02. The van der Waals surface area contributed by atoms with Crippen LogP contribution in [-0.4, -0.2) is 23.2 Å². The lowest BCUT2D eigenvalue weighted by Crippen LogP contribution is -2.24. The zero-order chi connectivity index (χ0) is 10.8. The Morgan fingerprint density at radius 3 is 2.93 bits per heavy atom. The third kappa shape index (κ3) is 2.15. The van der Waals surface area contributed by atoms with Crippen LogP contribution < -0.4 is 4.90 Å². The van der Waals surface area contributed by atoms with E-state index < -0.39 is 0 Å². The van der Waals surface area contributed by atoms with Gasteiger partial charge in [0, 0.05) is 18.7 Å². The van der Waals surface area contributed by atoms with E-state index in [1.165, 1.54) is 0 Å². The first-order valence-corrected chi connectivity index (χ1v) is 5.68. The second-order valence-electron chi connectivity index (χ2n) is 3.91. The second kappa shape index (κ2) is 4.23. The van der Waals surface area contributed by atoms with Crippen LogP contribution in [-0.2, 0) is 4.79 Å². The van der Waals surface area contributed by atoms with Crippen molar-refractivity contribution in [3.05, 3.63) is 24.0 Å². The molecule has 15 heavy (non-hydrogen) atoms. The molecule has 1 fully saturated rings. The second-order valence-corrected chi connectivity index (χ2v) is 4.28. The Balaban J connectivity index is 2.18. The first kappa shape index (κ1) is 10.5. The number of amides is 1. The number of aryl methyl sites for hydroxylation is 1. The molecule has 2 rings (SSSR count). The summed E-state index contributed by atoms with van der Waals surface area (Å²) in [6.07, 6.45) is 2.37. The maximum Gasteiger partial charge on any atom is 0.227 e. The molecule has 80 valence electrons. The molecule has 3 nitrogen and oxygen atoms in total. The number of anilines is 1. The number of rotatable bonds is 2. The van der Waals surface area contributed by atoms with Gasteiger partial charge in [0.05, 0.1) is 11.9 Å². The summed E-state index contributed by atoms with van der Waals surface area (Å²) < 4.78 is 0.